The van der Waals surface area contributed by atoms with Gasteiger partial charge in [0.1, 0.15) is 0 Å². The summed E-state index contributed by atoms with van der Waals surface area (Å²) in [5.74, 6) is 0. The van der Waals surface area contributed by atoms with Crippen molar-refractivity contribution in [2.45, 2.75) is 19.1 Å². The molecule has 0 bridgehead atoms. The normalized spacial score (nSPS) is 14.0. The Hall–Kier alpha value is -0.740. The number of nitrogens with one attached hydrogen (secondary N) is 1. The molecule has 0 heterocycles. The van der Waals surface area contributed by atoms with E-state index in [9.17, 15) is 13.2 Å². The maximum Gasteiger partial charge on any atom is 0.416 e. The predicted molar refractivity (Wildman–Crippen MR) is 53.9 cm³/mol. The van der Waals surface area contributed by atoms with Gasteiger partial charge >= 0.3 is 6.18 Å². The van der Waals surface area contributed by atoms with Crippen molar-refractivity contribution in [3.8, 4) is 0 Å². The molecule has 15 heavy (non-hydrogen) atoms. The Labute approximate surface area is 91.2 Å². The average molecular weight is 238 g/mol. The molecule has 1 nitrogen and oxygen atoms in total. The molecule has 1 aromatic carbocycles. The Balaban J connectivity index is 3.17. The lowest BCUT2D eigenvalue weighted by Crippen LogP contribution is -2.14. The van der Waals surface area contributed by atoms with Crippen LogP contribution in [0, 0.1) is 0 Å². The second kappa shape index (κ2) is 4.41. The minimum absolute atomic E-state index is 0.209. The number of alkyl halides is 3. The molecule has 84 valence electrons. The van der Waals surface area contributed by atoms with E-state index >= 15 is 0 Å². The fraction of sp³-hybridized carbons (Fsp3) is 0.400. The van der Waals surface area contributed by atoms with Crippen molar-refractivity contribution in [1.82, 2.24) is 5.32 Å². The molecule has 1 rings (SSSR count). The van der Waals surface area contributed by atoms with Crippen LogP contribution in [0.1, 0.15) is 24.1 Å². The van der Waals surface area contributed by atoms with Crippen LogP contribution in [-0.2, 0) is 6.18 Å². The van der Waals surface area contributed by atoms with E-state index in [2.05, 4.69) is 5.32 Å². The van der Waals surface area contributed by atoms with Crippen molar-refractivity contribution in [2.24, 2.45) is 0 Å². The SMILES string of the molecule is CNC(C)c1cc(C(F)(F)F)ccc1Cl. The van der Waals surface area contributed by atoms with E-state index in [1.54, 1.807) is 14.0 Å². The first-order valence-corrected chi connectivity index (χ1v) is 4.78. The topological polar surface area (TPSA) is 12.0 Å². The third kappa shape index (κ3) is 2.86. The van der Waals surface area contributed by atoms with Crippen molar-refractivity contribution >= 4 is 11.6 Å². The van der Waals surface area contributed by atoms with Crippen molar-refractivity contribution in [3.63, 3.8) is 0 Å². The molecule has 0 aromatic heterocycles. The van der Waals surface area contributed by atoms with Gasteiger partial charge in [0.2, 0.25) is 0 Å². The van der Waals surface area contributed by atoms with Crippen molar-refractivity contribution in [1.29, 1.82) is 0 Å². The highest BCUT2D eigenvalue weighted by Gasteiger charge is 2.31. The fourth-order valence-corrected chi connectivity index (χ4v) is 1.49. The molecule has 0 aliphatic carbocycles. The summed E-state index contributed by atoms with van der Waals surface area (Å²) < 4.78 is 37.2. The lowest BCUT2D eigenvalue weighted by molar-refractivity contribution is -0.137. The lowest BCUT2D eigenvalue weighted by atomic mass is 10.0. The maximum absolute atomic E-state index is 12.4. The predicted octanol–water partition coefficient (Wildman–Crippen LogP) is 3.64. The van der Waals surface area contributed by atoms with Crippen LogP contribution >= 0.6 is 11.6 Å². The van der Waals surface area contributed by atoms with Gasteiger partial charge in [-0.25, -0.2) is 0 Å². The summed E-state index contributed by atoms with van der Waals surface area (Å²) in [6, 6.07) is 3.12. The standard InChI is InChI=1S/C10H11ClF3N/c1-6(15-2)8-5-7(10(12,13)14)3-4-9(8)11/h3-6,15H,1-2H3. The van der Waals surface area contributed by atoms with E-state index in [0.29, 0.717) is 10.6 Å². The average Bonchev–Trinajstić information content (AvgIpc) is 2.15. The largest absolute Gasteiger partial charge is 0.416 e. The lowest BCUT2D eigenvalue weighted by Gasteiger charge is -2.15. The Morgan fingerprint density at radius 3 is 2.40 bits per heavy atom. The van der Waals surface area contributed by atoms with Gasteiger partial charge in [0, 0.05) is 11.1 Å². The number of hydrogen-bond donors (Lipinski definition) is 1. The van der Waals surface area contributed by atoms with Crippen LogP contribution in [0.3, 0.4) is 0 Å². The van der Waals surface area contributed by atoms with E-state index < -0.39 is 11.7 Å². The fourth-order valence-electron chi connectivity index (χ4n) is 1.21. The summed E-state index contributed by atoms with van der Waals surface area (Å²) in [4.78, 5) is 0. The first-order valence-electron chi connectivity index (χ1n) is 4.40. The first kappa shape index (κ1) is 12.3. The monoisotopic (exact) mass is 237 g/mol. The molecular formula is C10H11ClF3N. The number of benzene rings is 1. The van der Waals surface area contributed by atoms with Gasteiger partial charge in [0.05, 0.1) is 5.56 Å². The molecule has 0 aliphatic rings. The van der Waals surface area contributed by atoms with Gasteiger partial charge in [-0.05, 0) is 37.7 Å². The zero-order valence-corrected chi connectivity index (χ0v) is 9.08. The molecule has 0 amide bonds. The van der Waals surface area contributed by atoms with Crippen molar-refractivity contribution in [3.05, 3.63) is 34.3 Å². The zero-order valence-electron chi connectivity index (χ0n) is 8.32. The first-order chi connectivity index (χ1) is 6.86. The Kier molecular flexibility index (Phi) is 3.62. The van der Waals surface area contributed by atoms with Crippen LogP contribution in [0.4, 0.5) is 13.2 Å². The summed E-state index contributed by atoms with van der Waals surface area (Å²) in [6.45, 7) is 1.75. The Bertz CT molecular complexity index is 349. The summed E-state index contributed by atoms with van der Waals surface area (Å²) in [6.07, 6.45) is -4.33. The molecule has 1 atom stereocenters. The Morgan fingerprint density at radius 2 is 1.93 bits per heavy atom. The summed E-state index contributed by atoms with van der Waals surface area (Å²) in [7, 11) is 1.67. The van der Waals surface area contributed by atoms with Crippen LogP contribution in [0.15, 0.2) is 18.2 Å². The van der Waals surface area contributed by atoms with E-state index in [1.165, 1.54) is 6.07 Å². The molecule has 1 aromatic rings. The minimum Gasteiger partial charge on any atom is -0.313 e. The van der Waals surface area contributed by atoms with Crippen LogP contribution in [0.25, 0.3) is 0 Å². The second-order valence-electron chi connectivity index (χ2n) is 3.24. The molecule has 5 heteroatoms. The summed E-state index contributed by atoms with van der Waals surface area (Å²) >= 11 is 5.81. The van der Waals surface area contributed by atoms with Gasteiger partial charge in [-0.3, -0.25) is 0 Å². The molecule has 1 N–H and O–H groups in total. The molecule has 0 saturated carbocycles. The second-order valence-corrected chi connectivity index (χ2v) is 3.65. The van der Waals surface area contributed by atoms with Gasteiger partial charge in [0.15, 0.2) is 0 Å². The van der Waals surface area contributed by atoms with E-state index in [0.717, 1.165) is 12.1 Å². The van der Waals surface area contributed by atoms with E-state index in [1.807, 2.05) is 0 Å². The van der Waals surface area contributed by atoms with Gasteiger partial charge < -0.3 is 5.32 Å². The third-order valence-corrected chi connectivity index (χ3v) is 2.57. The van der Waals surface area contributed by atoms with Gasteiger partial charge in [-0.1, -0.05) is 11.6 Å². The number of halogens is 4. The smallest absolute Gasteiger partial charge is 0.313 e. The summed E-state index contributed by atoms with van der Waals surface area (Å²) in [5.41, 5.74) is -0.224. The van der Waals surface area contributed by atoms with E-state index in [-0.39, 0.29) is 6.04 Å². The highest BCUT2D eigenvalue weighted by atomic mass is 35.5. The summed E-state index contributed by atoms with van der Waals surface area (Å²) in [5, 5.41) is 3.19. The van der Waals surface area contributed by atoms with Crippen molar-refractivity contribution in [2.75, 3.05) is 7.05 Å². The van der Waals surface area contributed by atoms with Crippen LogP contribution < -0.4 is 5.32 Å². The van der Waals surface area contributed by atoms with Gasteiger partial charge in [-0.15, -0.1) is 0 Å². The molecule has 1 unspecified atom stereocenters. The number of hydrogen-bond acceptors (Lipinski definition) is 1. The van der Waals surface area contributed by atoms with Gasteiger partial charge in [0.25, 0.3) is 0 Å². The quantitative estimate of drug-likeness (QED) is 0.828. The van der Waals surface area contributed by atoms with Crippen molar-refractivity contribution < 1.29 is 13.2 Å². The van der Waals surface area contributed by atoms with Crippen LogP contribution in [-0.4, -0.2) is 7.05 Å². The van der Waals surface area contributed by atoms with Gasteiger partial charge in [-0.2, -0.15) is 13.2 Å². The third-order valence-electron chi connectivity index (χ3n) is 2.22. The number of rotatable bonds is 2. The van der Waals surface area contributed by atoms with E-state index in [4.69, 9.17) is 11.6 Å². The highest BCUT2D eigenvalue weighted by Crippen LogP contribution is 2.33. The minimum atomic E-state index is -4.33. The molecule has 0 spiro atoms. The zero-order chi connectivity index (χ0) is 11.6. The highest BCUT2D eigenvalue weighted by molar-refractivity contribution is 6.31. The molecule has 0 saturated heterocycles. The maximum atomic E-state index is 12.4. The molecule has 0 fully saturated rings. The Morgan fingerprint density at radius 1 is 1.33 bits per heavy atom. The van der Waals surface area contributed by atoms with Crippen LogP contribution in [0.2, 0.25) is 5.02 Å². The molecular weight excluding hydrogens is 227 g/mol. The van der Waals surface area contributed by atoms with Crippen LogP contribution in [0.5, 0.6) is 0 Å². The molecule has 0 radical (unpaired) electrons. The molecule has 0 aliphatic heterocycles.